The van der Waals surface area contributed by atoms with E-state index in [1.54, 1.807) is 31.3 Å². The van der Waals surface area contributed by atoms with Gasteiger partial charge in [-0.1, -0.05) is 12.1 Å². The zero-order chi connectivity index (χ0) is 14.5. The Bertz CT molecular complexity index is 609. The SMILES string of the molecule is CC(=O)c1cccc(NC(=O)N(C)Cc2ncn[nH]2)c1. The van der Waals surface area contributed by atoms with Gasteiger partial charge in [0.05, 0.1) is 6.54 Å². The number of carbonyl (C=O) groups excluding carboxylic acids is 2. The molecule has 7 nitrogen and oxygen atoms in total. The summed E-state index contributed by atoms with van der Waals surface area (Å²) in [6, 6.07) is 6.51. The van der Waals surface area contributed by atoms with Crippen LogP contribution in [0.2, 0.25) is 0 Å². The maximum Gasteiger partial charge on any atom is 0.321 e. The van der Waals surface area contributed by atoms with Crippen molar-refractivity contribution < 1.29 is 9.59 Å². The van der Waals surface area contributed by atoms with Crippen molar-refractivity contribution in [1.29, 1.82) is 0 Å². The minimum atomic E-state index is -0.290. The highest BCUT2D eigenvalue weighted by Crippen LogP contribution is 2.12. The molecule has 0 spiro atoms. The molecule has 1 aromatic carbocycles. The van der Waals surface area contributed by atoms with Gasteiger partial charge >= 0.3 is 6.03 Å². The second-order valence-corrected chi connectivity index (χ2v) is 4.36. The monoisotopic (exact) mass is 273 g/mol. The molecule has 0 bridgehead atoms. The summed E-state index contributed by atoms with van der Waals surface area (Å²) >= 11 is 0. The average Bonchev–Trinajstić information content (AvgIpc) is 2.91. The Balaban J connectivity index is 2.00. The molecule has 104 valence electrons. The average molecular weight is 273 g/mol. The number of Topliss-reactive ketones (excluding diaryl/α,β-unsaturated/α-hetero) is 1. The van der Waals surface area contributed by atoms with Gasteiger partial charge in [0, 0.05) is 18.3 Å². The van der Waals surface area contributed by atoms with Crippen LogP contribution in [0.3, 0.4) is 0 Å². The number of hydrogen-bond acceptors (Lipinski definition) is 4. The molecule has 20 heavy (non-hydrogen) atoms. The molecule has 2 rings (SSSR count). The van der Waals surface area contributed by atoms with Crippen LogP contribution in [0.15, 0.2) is 30.6 Å². The number of carbonyl (C=O) groups is 2. The van der Waals surface area contributed by atoms with Crippen LogP contribution in [0, 0.1) is 0 Å². The molecule has 0 unspecified atom stereocenters. The van der Waals surface area contributed by atoms with E-state index in [2.05, 4.69) is 20.5 Å². The summed E-state index contributed by atoms with van der Waals surface area (Å²) in [7, 11) is 1.65. The van der Waals surface area contributed by atoms with Crippen molar-refractivity contribution in [3.05, 3.63) is 42.0 Å². The number of anilines is 1. The van der Waals surface area contributed by atoms with Gasteiger partial charge in [-0.25, -0.2) is 9.78 Å². The predicted octanol–water partition coefficient (Wildman–Crippen LogP) is 1.67. The summed E-state index contributed by atoms with van der Waals surface area (Å²) in [5, 5.41) is 9.12. The molecule has 1 aromatic heterocycles. The van der Waals surface area contributed by atoms with E-state index in [0.717, 1.165) is 0 Å². The molecular formula is C13H15N5O2. The van der Waals surface area contributed by atoms with E-state index in [0.29, 0.717) is 23.6 Å². The lowest BCUT2D eigenvalue weighted by Crippen LogP contribution is -2.31. The van der Waals surface area contributed by atoms with E-state index >= 15 is 0 Å². The summed E-state index contributed by atoms with van der Waals surface area (Å²) < 4.78 is 0. The number of rotatable bonds is 4. The fourth-order valence-electron chi connectivity index (χ4n) is 1.64. The first-order chi connectivity index (χ1) is 9.56. The number of ketones is 1. The minimum Gasteiger partial charge on any atom is -0.320 e. The highest BCUT2D eigenvalue weighted by molar-refractivity contribution is 5.96. The van der Waals surface area contributed by atoms with Crippen molar-refractivity contribution in [1.82, 2.24) is 20.1 Å². The number of aromatic nitrogens is 3. The maximum atomic E-state index is 12.0. The normalized spacial score (nSPS) is 10.1. The lowest BCUT2D eigenvalue weighted by atomic mass is 10.1. The first kappa shape index (κ1) is 13.7. The Morgan fingerprint density at radius 3 is 2.85 bits per heavy atom. The summed E-state index contributed by atoms with van der Waals surface area (Å²) in [6.07, 6.45) is 1.39. The second-order valence-electron chi connectivity index (χ2n) is 4.36. The highest BCUT2D eigenvalue weighted by Gasteiger charge is 2.11. The third-order valence-electron chi connectivity index (χ3n) is 2.72. The molecule has 0 atom stereocenters. The van der Waals surface area contributed by atoms with Crippen molar-refractivity contribution in [3.8, 4) is 0 Å². The van der Waals surface area contributed by atoms with Crippen molar-refractivity contribution in [2.24, 2.45) is 0 Å². The number of aromatic amines is 1. The minimum absolute atomic E-state index is 0.0453. The lowest BCUT2D eigenvalue weighted by Gasteiger charge is -2.16. The smallest absolute Gasteiger partial charge is 0.320 e. The third kappa shape index (κ3) is 3.41. The topological polar surface area (TPSA) is 91.0 Å². The molecule has 2 amide bonds. The van der Waals surface area contributed by atoms with Crippen LogP contribution >= 0.6 is 0 Å². The maximum absolute atomic E-state index is 12.0. The van der Waals surface area contributed by atoms with Crippen LogP contribution in [-0.4, -0.2) is 38.9 Å². The molecule has 2 N–H and O–H groups in total. The fraction of sp³-hybridized carbons (Fsp3) is 0.231. The third-order valence-corrected chi connectivity index (χ3v) is 2.72. The Morgan fingerprint density at radius 1 is 1.40 bits per heavy atom. The number of benzene rings is 1. The molecule has 1 heterocycles. The van der Waals surface area contributed by atoms with Crippen LogP contribution < -0.4 is 5.32 Å². The summed E-state index contributed by atoms with van der Waals surface area (Å²) in [4.78, 5) is 28.7. The van der Waals surface area contributed by atoms with E-state index in [9.17, 15) is 9.59 Å². The first-order valence-electron chi connectivity index (χ1n) is 6.03. The summed E-state index contributed by atoms with van der Waals surface area (Å²) in [6.45, 7) is 1.80. The standard InChI is InChI=1S/C13H15N5O2/c1-9(19)10-4-3-5-11(6-10)16-13(20)18(2)7-12-14-8-15-17-12/h3-6,8H,7H2,1-2H3,(H,16,20)(H,14,15,17). The molecule has 0 saturated heterocycles. The van der Waals surface area contributed by atoms with Gasteiger partial charge in [0.15, 0.2) is 5.78 Å². The first-order valence-corrected chi connectivity index (χ1v) is 6.03. The Hall–Kier alpha value is -2.70. The van der Waals surface area contributed by atoms with Crippen molar-refractivity contribution in [2.45, 2.75) is 13.5 Å². The van der Waals surface area contributed by atoms with Gasteiger partial charge in [-0.2, -0.15) is 5.10 Å². The zero-order valence-electron chi connectivity index (χ0n) is 11.3. The van der Waals surface area contributed by atoms with Gasteiger partial charge < -0.3 is 10.2 Å². The van der Waals surface area contributed by atoms with Gasteiger partial charge in [-0.15, -0.1) is 0 Å². The number of hydrogen-bond donors (Lipinski definition) is 2. The van der Waals surface area contributed by atoms with Crippen LogP contribution in [0.5, 0.6) is 0 Å². The molecule has 0 saturated carbocycles. The van der Waals surface area contributed by atoms with Gasteiger partial charge in [0.2, 0.25) is 0 Å². The van der Waals surface area contributed by atoms with E-state index in [4.69, 9.17) is 0 Å². The Kier molecular flexibility index (Phi) is 4.09. The fourth-order valence-corrected chi connectivity index (χ4v) is 1.64. The number of nitrogens with one attached hydrogen (secondary N) is 2. The Labute approximate surface area is 116 Å². The van der Waals surface area contributed by atoms with Crippen molar-refractivity contribution >= 4 is 17.5 Å². The lowest BCUT2D eigenvalue weighted by molar-refractivity contribution is 0.101. The zero-order valence-corrected chi connectivity index (χ0v) is 11.3. The summed E-state index contributed by atoms with van der Waals surface area (Å²) in [5.74, 6) is 0.552. The van der Waals surface area contributed by atoms with Crippen LogP contribution in [0.4, 0.5) is 10.5 Å². The second kappa shape index (κ2) is 5.96. The molecule has 0 fully saturated rings. The predicted molar refractivity (Wildman–Crippen MR) is 73.3 cm³/mol. The number of H-pyrrole nitrogens is 1. The largest absolute Gasteiger partial charge is 0.321 e. The molecular weight excluding hydrogens is 258 g/mol. The summed E-state index contributed by atoms with van der Waals surface area (Å²) in [5.41, 5.74) is 1.13. The van der Waals surface area contributed by atoms with Crippen LogP contribution in [0.25, 0.3) is 0 Å². The molecule has 0 aliphatic heterocycles. The molecule has 7 heteroatoms. The van der Waals surface area contributed by atoms with E-state index in [1.165, 1.54) is 18.2 Å². The van der Waals surface area contributed by atoms with Crippen LogP contribution in [0.1, 0.15) is 23.1 Å². The van der Waals surface area contributed by atoms with Gasteiger partial charge in [-0.3, -0.25) is 9.89 Å². The van der Waals surface area contributed by atoms with Gasteiger partial charge in [0.1, 0.15) is 12.2 Å². The van der Waals surface area contributed by atoms with Gasteiger partial charge in [0.25, 0.3) is 0 Å². The number of nitrogens with zero attached hydrogens (tertiary/aromatic N) is 3. The molecule has 0 aliphatic carbocycles. The number of urea groups is 1. The molecule has 0 aliphatic rings. The van der Waals surface area contributed by atoms with E-state index in [1.807, 2.05) is 0 Å². The van der Waals surface area contributed by atoms with Crippen molar-refractivity contribution in [3.63, 3.8) is 0 Å². The van der Waals surface area contributed by atoms with Gasteiger partial charge in [-0.05, 0) is 19.1 Å². The van der Waals surface area contributed by atoms with E-state index < -0.39 is 0 Å². The number of amides is 2. The Morgan fingerprint density at radius 2 is 2.20 bits per heavy atom. The van der Waals surface area contributed by atoms with Crippen LogP contribution in [-0.2, 0) is 6.54 Å². The quantitative estimate of drug-likeness (QED) is 0.829. The molecule has 0 radical (unpaired) electrons. The highest BCUT2D eigenvalue weighted by atomic mass is 16.2. The van der Waals surface area contributed by atoms with Crippen molar-refractivity contribution in [2.75, 3.05) is 12.4 Å². The molecule has 2 aromatic rings. The van der Waals surface area contributed by atoms with E-state index in [-0.39, 0.29) is 11.8 Å².